The third kappa shape index (κ3) is 57.7. The lowest BCUT2D eigenvalue weighted by Gasteiger charge is -2.27. The van der Waals surface area contributed by atoms with Crippen LogP contribution in [0.3, 0.4) is 0 Å². The number of nitrogens with two attached hydrogens (primary N) is 2. The molecule has 0 aliphatic heterocycles. The Labute approximate surface area is 764 Å². The minimum atomic E-state index is -1.64. The van der Waals surface area contributed by atoms with Crippen molar-refractivity contribution in [2.24, 2.45) is 33.5 Å². The Bertz CT molecular complexity index is 4030. The summed E-state index contributed by atoms with van der Waals surface area (Å²) in [6, 6.07) is 24.9. The topological polar surface area (TPSA) is 661 Å². The van der Waals surface area contributed by atoms with Crippen molar-refractivity contribution in [2.45, 2.75) is 154 Å². The predicted octanol–water partition coefficient (Wildman–Crippen LogP) is -9.20. The summed E-state index contributed by atoms with van der Waals surface area (Å²) in [5.74, 6) is -10.5. The van der Waals surface area contributed by atoms with E-state index in [2.05, 4.69) is 111 Å². The van der Waals surface area contributed by atoms with Crippen LogP contribution in [0.1, 0.15) is 102 Å². The van der Waals surface area contributed by atoms with Gasteiger partial charge in [0.15, 0.2) is 0 Å². The maximum Gasteiger partial charge on any atom is 0.308 e. The van der Waals surface area contributed by atoms with Crippen LogP contribution >= 0.6 is 0 Å². The van der Waals surface area contributed by atoms with Gasteiger partial charge in [0.05, 0.1) is 65.2 Å². The summed E-state index contributed by atoms with van der Waals surface area (Å²) in [7, 11) is 0. The number of quaternary nitrogens is 2. The van der Waals surface area contributed by atoms with Gasteiger partial charge < -0.3 is 146 Å². The van der Waals surface area contributed by atoms with Gasteiger partial charge in [0.1, 0.15) is 61.5 Å². The second kappa shape index (κ2) is 73.2. The summed E-state index contributed by atoms with van der Waals surface area (Å²) in [6.07, 6.45) is -1.84. The number of hydrogen-bond acceptors (Lipinski definition) is 25. The average molecular weight is 1850 g/mol. The number of hydrogen-bond donors (Lipinski definition) is 19. The van der Waals surface area contributed by atoms with Crippen molar-refractivity contribution in [1.82, 2.24) is 79.8 Å². The van der Waals surface area contributed by atoms with Crippen LogP contribution in [0.5, 0.6) is 0 Å². The number of ether oxygens (including phenoxy) is 4. The van der Waals surface area contributed by atoms with Crippen LogP contribution in [0.2, 0.25) is 0 Å². The van der Waals surface area contributed by atoms with Crippen LogP contribution in [0.25, 0.3) is 20.9 Å². The van der Waals surface area contributed by atoms with E-state index in [9.17, 15) is 67.1 Å². The number of nitrogens with zero attached hydrogens (tertiary/aromatic N) is 6. The molecule has 129 heavy (non-hydrogen) atoms. The molecule has 0 spiro atoms. The molecule has 12 amide bonds. The van der Waals surface area contributed by atoms with E-state index in [1.165, 1.54) is 6.92 Å². The smallest absolute Gasteiger partial charge is 0.308 e. The molecule has 25 N–H and O–H groups in total. The van der Waals surface area contributed by atoms with Crippen molar-refractivity contribution >= 4 is 82.8 Å². The monoisotopic (exact) mass is 1850 g/mol. The number of rotatable bonds is 62. The molecule has 0 aliphatic carbocycles. The van der Waals surface area contributed by atoms with E-state index in [-0.39, 0.29) is 141 Å². The first kappa shape index (κ1) is 117. The fraction of sp³-hybridized carbons (Fsp3) is 0.548. The van der Waals surface area contributed by atoms with E-state index in [0.717, 1.165) is 31.1 Å². The van der Waals surface area contributed by atoms with Crippen molar-refractivity contribution in [3.8, 4) is 0 Å². The molecule has 0 unspecified atom stereocenters. The van der Waals surface area contributed by atoms with Crippen LogP contribution < -0.4 is 128 Å². The zero-order valence-electron chi connectivity index (χ0n) is 74.4. The summed E-state index contributed by atoms with van der Waals surface area (Å²) < 4.78 is 21.4. The van der Waals surface area contributed by atoms with Gasteiger partial charge in [0, 0.05) is 128 Å². The second-order valence-electron chi connectivity index (χ2n) is 29.6. The molecule has 716 valence electrons. The van der Waals surface area contributed by atoms with Crippen LogP contribution in [0, 0.1) is 11.8 Å². The van der Waals surface area contributed by atoms with Gasteiger partial charge in [-0.25, -0.2) is 0 Å². The van der Waals surface area contributed by atoms with E-state index in [1.807, 2.05) is 39.8 Å². The van der Waals surface area contributed by atoms with Crippen molar-refractivity contribution in [1.29, 1.82) is 0 Å². The highest BCUT2D eigenvalue weighted by molar-refractivity contribution is 6.00. The first-order valence-electron chi connectivity index (χ1n) is 42.3. The zero-order valence-corrected chi connectivity index (χ0v) is 75.9. The molecule has 0 fully saturated rings. The number of amides is 12. The van der Waals surface area contributed by atoms with Crippen molar-refractivity contribution in [3.05, 3.63) is 164 Å². The quantitative estimate of drug-likeness (QED) is 0.00642. The van der Waals surface area contributed by atoms with Gasteiger partial charge >= 0.3 is 11.9 Å². The molecule has 0 aliphatic rings. The van der Waals surface area contributed by atoms with E-state index in [1.54, 1.807) is 109 Å². The van der Waals surface area contributed by atoms with Gasteiger partial charge in [-0.15, -0.1) is 0 Å². The highest BCUT2D eigenvalue weighted by atomic mass is 35.5. The number of halogens is 2. The zero-order chi connectivity index (χ0) is 93.8. The summed E-state index contributed by atoms with van der Waals surface area (Å²) >= 11 is 0. The Morgan fingerprint density at radius 2 is 0.651 bits per heavy atom. The van der Waals surface area contributed by atoms with E-state index < -0.39 is 157 Å². The maximum absolute atomic E-state index is 14.1. The van der Waals surface area contributed by atoms with Gasteiger partial charge in [-0.1, -0.05) is 159 Å². The normalized spacial score (nSPS) is 12.3. The fourth-order valence-electron chi connectivity index (χ4n) is 11.6. The molecular formula is C84H133Cl2N25O18. The Hall–Kier alpha value is -11.7. The molecule has 0 aromatic heterocycles. The van der Waals surface area contributed by atoms with Gasteiger partial charge in [-0.3, -0.25) is 67.1 Å². The second-order valence-corrected chi connectivity index (χ2v) is 29.6. The molecule has 43 nitrogen and oxygen atoms in total. The molecule has 4 rings (SSSR count). The number of carbonyl (C=O) groups excluding carboxylic acids is 14. The largest absolute Gasteiger partial charge is 1.00 e. The molecule has 0 bridgehead atoms. The molecule has 0 saturated carbocycles. The van der Waals surface area contributed by atoms with E-state index in [4.69, 9.17) is 41.5 Å². The third-order valence-corrected chi connectivity index (χ3v) is 17.7. The summed E-state index contributed by atoms with van der Waals surface area (Å²) in [4.78, 5) is 192. The lowest BCUT2D eigenvalue weighted by molar-refractivity contribution is -0.365. The van der Waals surface area contributed by atoms with Gasteiger partial charge in [-0.2, -0.15) is 0 Å². The standard InChI is InChI=1S/C43H54N8O10.C37H64N14O8.C4H13N3.2ClH/c1-29(2)23-34(41(56)49-35(24-31-13-7-4-8-14-31)40(55)45-19-21-59-22-20-46-51-44)48-43(58)37(26-39(54)61-28-33-17-11-6-12-18-33)50-42(57)36(47-30(3)52)25-38(53)60-27-32-15-9-5-10-16-32;1-25(2)21-28(35(56)49-29(22-27-7-5-4-6-8-27)34(55)45-17-19-59-20-18-46-51-40)48-37(58)31(24-33(54)44-16-14-42-12-10-39)50-36(57)30(47-26(3)52)23-32(53)43-15-13-41-11-9-38;5-1-3-7-4-2-6;;/h4-18,29,34-37H,19-28H2,1-3H3,(H,45,55)(H,47,52)(H,48,58)(H,49,56)(H,50,57);4-8,25,28-31,41-42H,9-24,38-39H2,1-3H3,(H,43,53)(H,44,54)(H,45,55)(H,47,52)(H,48,58)(H,49,56)(H,50,57);7H,1-6H2;2*1H/t34-,35+,36-,37+;28-,29+,30-,31+;;;/m11.../s1. The molecule has 4 aromatic rings. The molecule has 45 heteroatoms. The number of benzene rings is 4. The van der Waals surface area contributed by atoms with Crippen molar-refractivity contribution in [2.75, 3.05) is 131 Å². The lowest BCUT2D eigenvalue weighted by atomic mass is 10.0. The van der Waals surface area contributed by atoms with Crippen LogP contribution in [-0.2, 0) is 112 Å². The first-order chi connectivity index (χ1) is 61.1. The highest BCUT2D eigenvalue weighted by Gasteiger charge is 2.37. The molecule has 0 saturated heterocycles. The van der Waals surface area contributed by atoms with Crippen LogP contribution in [-0.4, -0.2) is 262 Å². The third-order valence-electron chi connectivity index (χ3n) is 17.7. The maximum atomic E-state index is 14.1. The van der Waals surface area contributed by atoms with Crippen LogP contribution in [0.4, 0.5) is 0 Å². The molecule has 0 heterocycles. The summed E-state index contributed by atoms with van der Waals surface area (Å²) in [5.41, 5.74) is 37.5. The molecule has 8 atom stereocenters. The molecule has 0 radical (unpaired) electrons. The summed E-state index contributed by atoms with van der Waals surface area (Å²) in [6.45, 7) is 17.5. The minimum Gasteiger partial charge on any atom is -1.00 e. The van der Waals surface area contributed by atoms with E-state index >= 15 is 0 Å². The Kier molecular flexibility index (Phi) is 66.6. The molecule has 4 aromatic carbocycles. The summed E-state index contributed by atoms with van der Waals surface area (Å²) in [5, 5.41) is 47.4. The fourth-order valence-corrected chi connectivity index (χ4v) is 11.6. The number of esters is 2. The Morgan fingerprint density at radius 3 is 0.969 bits per heavy atom. The Morgan fingerprint density at radius 1 is 0.357 bits per heavy atom. The lowest BCUT2D eigenvalue weighted by Crippen LogP contribution is -3.00. The van der Waals surface area contributed by atoms with Gasteiger partial charge in [0.2, 0.25) is 70.9 Å². The average Bonchev–Trinajstić information content (AvgIpc) is 0.858. The number of carbonyl (C=O) groups is 14. The SMILES string of the molecule is CC(=O)N[C@H](CC(=O)NCCNCC[NH3+])C(=O)N[C@@H](CC(=O)NCCNCC[NH3+])C(=O)N[C@H](CC(C)C)C(=O)N[C@@H](Cc1ccccc1)C(=O)NCCOCCN=[N+]=[N-].CC(=O)N[C@H](CC(=O)OCc1ccccc1)C(=O)N[C@@H](CC(=O)OCc1ccccc1)C(=O)N[C@H](CC(C)C)C(=O)N[C@@H](Cc1ccccc1)C(=O)NCCOCCN=[N+]=[N-].NCCNCCN.[Cl-].[Cl-]. The predicted molar refractivity (Wildman–Crippen MR) is 471 cm³/mol. The molecular weight excluding hydrogens is 1720 g/mol. The van der Waals surface area contributed by atoms with Crippen molar-refractivity contribution < 1.29 is 122 Å². The van der Waals surface area contributed by atoms with Gasteiger partial charge in [0.25, 0.3) is 0 Å². The minimum absolute atomic E-state index is 0. The number of nitrogens with one attached hydrogen (secondary N) is 15. The first-order valence-corrected chi connectivity index (χ1v) is 42.3. The van der Waals surface area contributed by atoms with Crippen molar-refractivity contribution in [3.63, 3.8) is 0 Å². The number of azide groups is 2. The highest BCUT2D eigenvalue weighted by Crippen LogP contribution is 2.14. The Balaban J connectivity index is 0.00000233. The van der Waals surface area contributed by atoms with Crippen LogP contribution in [0.15, 0.2) is 132 Å². The van der Waals surface area contributed by atoms with Gasteiger partial charge in [-0.05, 0) is 58.0 Å². The van der Waals surface area contributed by atoms with E-state index in [0.29, 0.717) is 63.5 Å².